The molecule has 2 amide bonds. The summed E-state index contributed by atoms with van der Waals surface area (Å²) in [4.78, 5) is 55.6. The molecule has 1 fully saturated rings. The highest BCUT2D eigenvalue weighted by molar-refractivity contribution is 7.18. The Labute approximate surface area is 165 Å². The first kappa shape index (κ1) is 20.0. The van der Waals surface area contributed by atoms with Crippen LogP contribution >= 0.6 is 11.3 Å². The number of nitrogens with zero attached hydrogens (tertiary/aromatic N) is 3. The molecule has 3 heterocycles. The number of amides is 2. The van der Waals surface area contributed by atoms with Crippen molar-refractivity contribution in [3.8, 4) is 0 Å². The van der Waals surface area contributed by atoms with Crippen LogP contribution in [0.1, 0.15) is 23.3 Å². The van der Waals surface area contributed by atoms with Gasteiger partial charge >= 0.3 is 5.97 Å². The Morgan fingerprint density at radius 2 is 2.11 bits per heavy atom. The lowest BCUT2D eigenvalue weighted by Crippen LogP contribution is -2.45. The van der Waals surface area contributed by atoms with Gasteiger partial charge in [0.15, 0.2) is 6.61 Å². The number of primary amides is 1. The molecule has 0 bridgehead atoms. The lowest BCUT2D eigenvalue weighted by Gasteiger charge is -2.31. The van der Waals surface area contributed by atoms with Gasteiger partial charge in [0.05, 0.1) is 17.6 Å². The maximum atomic E-state index is 12.6. The summed E-state index contributed by atoms with van der Waals surface area (Å²) in [5.74, 6) is -1.90. The van der Waals surface area contributed by atoms with E-state index >= 15 is 0 Å². The summed E-state index contributed by atoms with van der Waals surface area (Å²) in [6.07, 6.45) is 2.64. The van der Waals surface area contributed by atoms with Crippen LogP contribution in [0.25, 0.3) is 10.2 Å². The number of carbonyl (C=O) groups excluding carboxylic acids is 3. The zero-order valence-electron chi connectivity index (χ0n) is 15.8. The van der Waals surface area contributed by atoms with Crippen molar-refractivity contribution in [3.05, 3.63) is 27.1 Å². The average molecular weight is 406 g/mol. The molecule has 3 rings (SSSR count). The van der Waals surface area contributed by atoms with Crippen LogP contribution in [0.4, 0.5) is 0 Å². The number of fused-ring (bicyclic) bond motifs is 1. The number of hydrogen-bond acceptors (Lipinski definition) is 7. The number of likely N-dealkylation sites (tertiary alicyclic amines) is 1. The molecule has 1 aliphatic rings. The third-order valence-corrected chi connectivity index (χ3v) is 6.10. The first-order chi connectivity index (χ1) is 13.3. The molecule has 9 nitrogen and oxygen atoms in total. The molecule has 0 spiro atoms. The van der Waals surface area contributed by atoms with Crippen LogP contribution in [0.15, 0.2) is 11.1 Å². The molecule has 0 radical (unpaired) electrons. The monoisotopic (exact) mass is 406 g/mol. The second-order valence-corrected chi connectivity index (χ2v) is 8.09. The van der Waals surface area contributed by atoms with Crippen LogP contribution in [0.3, 0.4) is 0 Å². The lowest BCUT2D eigenvalue weighted by atomic mass is 9.97. The highest BCUT2D eigenvalue weighted by Crippen LogP contribution is 2.25. The van der Waals surface area contributed by atoms with E-state index in [-0.39, 0.29) is 30.5 Å². The van der Waals surface area contributed by atoms with Crippen molar-refractivity contribution in [1.82, 2.24) is 14.5 Å². The highest BCUT2D eigenvalue weighted by atomic mass is 32.1. The topological polar surface area (TPSA) is 125 Å². The van der Waals surface area contributed by atoms with E-state index in [2.05, 4.69) is 4.98 Å². The van der Waals surface area contributed by atoms with Crippen LogP contribution in [-0.2, 0) is 25.7 Å². The normalized spacial score (nSPS) is 16.9. The van der Waals surface area contributed by atoms with Crippen molar-refractivity contribution < 1.29 is 19.1 Å². The van der Waals surface area contributed by atoms with Crippen molar-refractivity contribution >= 4 is 39.3 Å². The van der Waals surface area contributed by atoms with Gasteiger partial charge in [-0.25, -0.2) is 4.98 Å². The molecule has 0 aromatic carbocycles. The Hall–Kier alpha value is -2.75. The number of esters is 1. The average Bonchev–Trinajstić information content (AvgIpc) is 2.96. The number of aromatic nitrogens is 2. The van der Waals surface area contributed by atoms with E-state index in [0.717, 1.165) is 10.4 Å². The van der Waals surface area contributed by atoms with E-state index in [0.29, 0.717) is 29.6 Å². The Morgan fingerprint density at radius 1 is 1.36 bits per heavy atom. The molecule has 0 aliphatic carbocycles. The van der Waals surface area contributed by atoms with Gasteiger partial charge < -0.3 is 15.4 Å². The minimum atomic E-state index is -0.704. The Morgan fingerprint density at radius 3 is 2.82 bits per heavy atom. The van der Waals surface area contributed by atoms with Gasteiger partial charge in [-0.3, -0.25) is 23.7 Å². The minimum absolute atomic E-state index is 0.239. The van der Waals surface area contributed by atoms with Gasteiger partial charge in [0.25, 0.3) is 11.5 Å². The van der Waals surface area contributed by atoms with Crippen LogP contribution in [0.5, 0.6) is 0 Å². The van der Waals surface area contributed by atoms with E-state index in [1.807, 2.05) is 13.8 Å². The number of carbonyl (C=O) groups is 3. The summed E-state index contributed by atoms with van der Waals surface area (Å²) in [5, 5.41) is 0.500. The van der Waals surface area contributed by atoms with Crippen LogP contribution in [0.2, 0.25) is 0 Å². The third kappa shape index (κ3) is 4.06. The van der Waals surface area contributed by atoms with E-state index in [9.17, 15) is 19.2 Å². The molecular weight excluding hydrogens is 384 g/mol. The minimum Gasteiger partial charge on any atom is -0.454 e. The summed E-state index contributed by atoms with van der Waals surface area (Å²) in [7, 11) is 0. The standard InChI is InChI=1S/C18H22N4O5S/c1-10-11(2)28-17-15(10)18(26)22(9-20-17)7-14(24)27-8-13(23)21-5-3-4-12(6-21)16(19)25/h9,12H,3-8H2,1-2H3,(H2,19,25)/t12-/m0/s1. The van der Waals surface area contributed by atoms with Crippen LogP contribution in [0, 0.1) is 19.8 Å². The second kappa shape index (κ2) is 8.09. The van der Waals surface area contributed by atoms with Crippen molar-refractivity contribution in [2.75, 3.05) is 19.7 Å². The maximum absolute atomic E-state index is 12.6. The number of rotatable bonds is 5. The molecule has 2 N–H and O–H groups in total. The quantitative estimate of drug-likeness (QED) is 0.714. The van der Waals surface area contributed by atoms with Gasteiger partial charge in [-0.2, -0.15) is 0 Å². The Bertz CT molecular complexity index is 996. The number of hydrogen-bond donors (Lipinski definition) is 1. The van der Waals surface area contributed by atoms with Crippen molar-refractivity contribution in [3.63, 3.8) is 0 Å². The summed E-state index contributed by atoms with van der Waals surface area (Å²) in [5.41, 5.74) is 5.85. The third-order valence-electron chi connectivity index (χ3n) is 4.99. The zero-order chi connectivity index (χ0) is 20.4. The fourth-order valence-electron chi connectivity index (χ4n) is 3.24. The van der Waals surface area contributed by atoms with Gasteiger partial charge in [-0.15, -0.1) is 11.3 Å². The predicted molar refractivity (Wildman–Crippen MR) is 103 cm³/mol. The molecule has 1 saturated heterocycles. The number of piperidine rings is 1. The highest BCUT2D eigenvalue weighted by Gasteiger charge is 2.27. The molecule has 1 aliphatic heterocycles. The summed E-state index contributed by atoms with van der Waals surface area (Å²) < 4.78 is 6.21. The molecular formula is C18H22N4O5S. The Kier molecular flexibility index (Phi) is 5.78. The molecule has 1 atom stereocenters. The maximum Gasteiger partial charge on any atom is 0.326 e. The summed E-state index contributed by atoms with van der Waals surface area (Å²) >= 11 is 1.43. The van der Waals surface area contributed by atoms with Crippen molar-refractivity contribution in [2.45, 2.75) is 33.2 Å². The zero-order valence-corrected chi connectivity index (χ0v) is 16.6. The molecule has 10 heteroatoms. The van der Waals surface area contributed by atoms with Gasteiger partial charge in [-0.05, 0) is 32.3 Å². The van der Waals surface area contributed by atoms with E-state index in [1.54, 1.807) is 0 Å². The van der Waals surface area contributed by atoms with Crippen molar-refractivity contribution in [1.29, 1.82) is 0 Å². The first-order valence-electron chi connectivity index (χ1n) is 8.95. The summed E-state index contributed by atoms with van der Waals surface area (Å²) in [6, 6.07) is 0. The van der Waals surface area contributed by atoms with Gasteiger partial charge in [-0.1, -0.05) is 0 Å². The smallest absolute Gasteiger partial charge is 0.326 e. The van der Waals surface area contributed by atoms with Gasteiger partial charge in [0.2, 0.25) is 5.91 Å². The number of nitrogens with two attached hydrogens (primary N) is 1. The lowest BCUT2D eigenvalue weighted by molar-refractivity contribution is -0.153. The SMILES string of the molecule is Cc1sc2ncn(CC(=O)OCC(=O)N3CCC[C@H](C(N)=O)C3)c(=O)c2c1C. The van der Waals surface area contributed by atoms with Gasteiger partial charge in [0.1, 0.15) is 11.4 Å². The first-order valence-corrected chi connectivity index (χ1v) is 9.77. The number of thiophene rings is 1. The fourth-order valence-corrected chi connectivity index (χ4v) is 4.22. The van der Waals surface area contributed by atoms with Gasteiger partial charge in [0, 0.05) is 18.0 Å². The number of ether oxygens (including phenoxy) is 1. The molecule has 0 saturated carbocycles. The Balaban J connectivity index is 1.60. The molecule has 28 heavy (non-hydrogen) atoms. The molecule has 150 valence electrons. The predicted octanol–water partition coefficient (Wildman–Crippen LogP) is 0.342. The molecule has 0 unspecified atom stereocenters. The molecule has 2 aromatic rings. The largest absolute Gasteiger partial charge is 0.454 e. The van der Waals surface area contributed by atoms with Crippen molar-refractivity contribution in [2.24, 2.45) is 11.7 Å². The van der Waals surface area contributed by atoms with Crippen LogP contribution in [-0.4, -0.2) is 51.9 Å². The summed E-state index contributed by atoms with van der Waals surface area (Å²) in [6.45, 7) is 3.73. The fraction of sp³-hybridized carbons (Fsp3) is 0.500. The van der Waals surface area contributed by atoms with E-state index in [1.165, 1.54) is 27.1 Å². The number of aryl methyl sites for hydroxylation is 2. The molecule has 2 aromatic heterocycles. The van der Waals surface area contributed by atoms with E-state index in [4.69, 9.17) is 10.5 Å². The van der Waals surface area contributed by atoms with E-state index < -0.39 is 18.5 Å². The second-order valence-electron chi connectivity index (χ2n) is 6.88. The van der Waals surface area contributed by atoms with Crippen LogP contribution < -0.4 is 11.3 Å².